The lowest BCUT2D eigenvalue weighted by Gasteiger charge is -2.03. The maximum atomic E-state index is 10.8. The van der Waals surface area contributed by atoms with Crippen LogP contribution in [0.4, 0.5) is 5.69 Å². The van der Waals surface area contributed by atoms with E-state index in [0.717, 1.165) is 0 Å². The van der Waals surface area contributed by atoms with Gasteiger partial charge in [-0.15, -0.1) is 5.10 Å². The summed E-state index contributed by atoms with van der Waals surface area (Å²) in [7, 11) is 1.54. The van der Waals surface area contributed by atoms with E-state index in [0.29, 0.717) is 11.3 Å². The third kappa shape index (κ3) is 3.10. The number of hydrogen-bond donors (Lipinski definition) is 1. The van der Waals surface area contributed by atoms with Gasteiger partial charge in [0.15, 0.2) is 0 Å². The molecular formula is C12H11N3O5. The number of ether oxygens (including phenoxy) is 1. The number of nitro groups is 1. The van der Waals surface area contributed by atoms with Gasteiger partial charge in [-0.3, -0.25) is 19.6 Å². The van der Waals surface area contributed by atoms with Crippen LogP contribution < -0.4 is 4.74 Å². The first-order chi connectivity index (χ1) is 9.45. The molecule has 8 heteroatoms. The number of nitrogens with zero attached hydrogens (tertiary/aromatic N) is 3. The lowest BCUT2D eigenvalue weighted by Crippen LogP contribution is -2.00. The van der Waals surface area contributed by atoms with Gasteiger partial charge in [0.2, 0.25) is 0 Å². The highest BCUT2D eigenvalue weighted by atomic mass is 16.6. The lowest BCUT2D eigenvalue weighted by atomic mass is 10.1. The number of aromatic nitrogens is 2. The Morgan fingerprint density at radius 2 is 2.30 bits per heavy atom. The molecule has 0 aliphatic rings. The normalized spacial score (nSPS) is 10.2. The summed E-state index contributed by atoms with van der Waals surface area (Å²) in [6.07, 6.45) is 1.08. The van der Waals surface area contributed by atoms with Gasteiger partial charge in [0.1, 0.15) is 11.9 Å². The van der Waals surface area contributed by atoms with Crippen LogP contribution >= 0.6 is 0 Å². The zero-order chi connectivity index (χ0) is 14.7. The molecule has 1 N–H and O–H groups in total. The van der Waals surface area contributed by atoms with Crippen molar-refractivity contribution in [3.63, 3.8) is 0 Å². The average Bonchev–Trinajstić information content (AvgIpc) is 2.70. The quantitative estimate of drug-likeness (QED) is 0.658. The number of benzene rings is 1. The average molecular weight is 277 g/mol. The molecule has 0 radical (unpaired) electrons. The van der Waals surface area contributed by atoms with Gasteiger partial charge in [-0.2, -0.15) is 0 Å². The molecule has 104 valence electrons. The molecule has 0 unspecified atom stereocenters. The van der Waals surface area contributed by atoms with Crippen LogP contribution in [0, 0.1) is 10.1 Å². The van der Waals surface area contributed by atoms with E-state index < -0.39 is 10.9 Å². The van der Waals surface area contributed by atoms with Crippen molar-refractivity contribution >= 4 is 11.7 Å². The highest BCUT2D eigenvalue weighted by molar-refractivity contribution is 5.70. The second kappa shape index (κ2) is 5.39. The largest absolute Gasteiger partial charge is 0.481 e. The second-order valence-corrected chi connectivity index (χ2v) is 4.07. The molecular weight excluding hydrogens is 266 g/mol. The Morgan fingerprint density at radius 3 is 2.95 bits per heavy atom. The summed E-state index contributed by atoms with van der Waals surface area (Å²) < 4.78 is 6.62. The summed E-state index contributed by atoms with van der Waals surface area (Å²) in [6.45, 7) is 0. The minimum Gasteiger partial charge on any atom is -0.481 e. The predicted octanol–water partition coefficient (Wildman–Crippen LogP) is 1.75. The molecule has 0 amide bonds. The molecule has 1 aromatic carbocycles. The van der Waals surface area contributed by atoms with Crippen LogP contribution in [-0.2, 0) is 18.3 Å². The van der Waals surface area contributed by atoms with Gasteiger partial charge >= 0.3 is 17.5 Å². The first-order valence-corrected chi connectivity index (χ1v) is 5.62. The van der Waals surface area contributed by atoms with Gasteiger partial charge in [-0.25, -0.2) is 0 Å². The summed E-state index contributed by atoms with van der Waals surface area (Å²) in [5.41, 5.74) is 0.282. The number of hydrogen-bond acceptors (Lipinski definition) is 5. The second-order valence-electron chi connectivity index (χ2n) is 4.07. The number of rotatable bonds is 5. The Hall–Kier alpha value is -2.90. The molecule has 0 saturated carbocycles. The Bertz CT molecular complexity index is 665. The minimum absolute atomic E-state index is 0.134. The van der Waals surface area contributed by atoms with E-state index in [2.05, 4.69) is 5.10 Å². The molecule has 0 aliphatic carbocycles. The predicted molar refractivity (Wildman–Crippen MR) is 67.7 cm³/mol. The Kier molecular flexibility index (Phi) is 3.65. The van der Waals surface area contributed by atoms with E-state index in [1.54, 1.807) is 25.2 Å². The number of carboxylic acid groups (broad SMARTS) is 1. The van der Waals surface area contributed by atoms with Crippen LogP contribution in [0.15, 0.2) is 30.5 Å². The van der Waals surface area contributed by atoms with Crippen LogP contribution in [0.3, 0.4) is 0 Å². The maximum Gasteiger partial charge on any atom is 0.350 e. The number of carbonyl (C=O) groups is 1. The van der Waals surface area contributed by atoms with Crippen LogP contribution in [0.5, 0.6) is 11.6 Å². The number of carboxylic acids is 1. The van der Waals surface area contributed by atoms with Crippen molar-refractivity contribution < 1.29 is 19.6 Å². The van der Waals surface area contributed by atoms with E-state index in [1.165, 1.54) is 16.9 Å². The summed E-state index contributed by atoms with van der Waals surface area (Å²) in [4.78, 5) is 20.9. The Morgan fingerprint density at radius 1 is 1.55 bits per heavy atom. The fourth-order valence-corrected chi connectivity index (χ4v) is 1.66. The van der Waals surface area contributed by atoms with Crippen molar-refractivity contribution in [2.75, 3.05) is 0 Å². The van der Waals surface area contributed by atoms with Crippen LogP contribution in [0.1, 0.15) is 5.56 Å². The van der Waals surface area contributed by atoms with Crippen LogP contribution in [0.25, 0.3) is 0 Å². The molecule has 1 aromatic heterocycles. The van der Waals surface area contributed by atoms with Crippen molar-refractivity contribution in [3.05, 3.63) is 46.1 Å². The zero-order valence-corrected chi connectivity index (χ0v) is 10.5. The van der Waals surface area contributed by atoms with Gasteiger partial charge in [0, 0.05) is 7.05 Å². The van der Waals surface area contributed by atoms with E-state index in [4.69, 9.17) is 9.84 Å². The molecule has 0 bridgehead atoms. The first-order valence-electron chi connectivity index (χ1n) is 5.62. The molecule has 0 saturated heterocycles. The highest BCUT2D eigenvalue weighted by Gasteiger charge is 2.20. The fourth-order valence-electron chi connectivity index (χ4n) is 1.66. The van der Waals surface area contributed by atoms with E-state index in [1.807, 2.05) is 0 Å². The monoisotopic (exact) mass is 277 g/mol. The SMILES string of the molecule is Cn1cc([N+](=O)[O-])c(Oc2cccc(CC(=O)O)c2)n1. The van der Waals surface area contributed by atoms with E-state index in [-0.39, 0.29) is 18.0 Å². The molecule has 1 heterocycles. The van der Waals surface area contributed by atoms with Gasteiger partial charge in [0.25, 0.3) is 0 Å². The first kappa shape index (κ1) is 13.5. The van der Waals surface area contributed by atoms with Gasteiger partial charge in [-0.05, 0) is 17.7 Å². The summed E-state index contributed by atoms with van der Waals surface area (Å²) in [5.74, 6) is -0.804. The molecule has 20 heavy (non-hydrogen) atoms. The molecule has 0 aliphatic heterocycles. The molecule has 0 atom stereocenters. The zero-order valence-electron chi connectivity index (χ0n) is 10.5. The van der Waals surface area contributed by atoms with Crippen LogP contribution in [-0.4, -0.2) is 25.8 Å². The fraction of sp³-hybridized carbons (Fsp3) is 0.167. The third-order valence-electron chi connectivity index (χ3n) is 2.44. The Balaban J connectivity index is 2.26. The maximum absolute atomic E-state index is 10.8. The van der Waals surface area contributed by atoms with Gasteiger partial charge in [-0.1, -0.05) is 12.1 Å². The van der Waals surface area contributed by atoms with Gasteiger partial charge < -0.3 is 9.84 Å². The molecule has 2 rings (SSSR count). The van der Waals surface area contributed by atoms with E-state index >= 15 is 0 Å². The molecule has 0 spiro atoms. The topological polar surface area (TPSA) is 107 Å². The highest BCUT2D eigenvalue weighted by Crippen LogP contribution is 2.29. The van der Waals surface area contributed by atoms with Crippen molar-refractivity contribution in [2.45, 2.75) is 6.42 Å². The summed E-state index contributed by atoms with van der Waals surface area (Å²) >= 11 is 0. The summed E-state index contributed by atoms with van der Waals surface area (Å²) in [5, 5.41) is 23.4. The van der Waals surface area contributed by atoms with Crippen molar-refractivity contribution in [1.82, 2.24) is 9.78 Å². The third-order valence-corrected chi connectivity index (χ3v) is 2.44. The smallest absolute Gasteiger partial charge is 0.350 e. The summed E-state index contributed by atoms with van der Waals surface area (Å²) in [6, 6.07) is 6.33. The van der Waals surface area contributed by atoms with Crippen molar-refractivity contribution in [1.29, 1.82) is 0 Å². The van der Waals surface area contributed by atoms with Crippen LogP contribution in [0.2, 0.25) is 0 Å². The minimum atomic E-state index is -0.967. The lowest BCUT2D eigenvalue weighted by molar-refractivity contribution is -0.385. The van der Waals surface area contributed by atoms with E-state index in [9.17, 15) is 14.9 Å². The standard InChI is InChI=1S/C12H11N3O5/c1-14-7-10(15(18)19)12(13-14)20-9-4-2-3-8(5-9)6-11(16)17/h2-5,7H,6H2,1H3,(H,16,17). The Labute approximate surface area is 113 Å². The molecule has 2 aromatic rings. The number of aryl methyl sites for hydroxylation is 1. The van der Waals surface area contributed by atoms with Crippen molar-refractivity contribution in [3.8, 4) is 11.6 Å². The number of aliphatic carboxylic acids is 1. The van der Waals surface area contributed by atoms with Crippen molar-refractivity contribution in [2.24, 2.45) is 7.05 Å². The molecule has 0 fully saturated rings. The van der Waals surface area contributed by atoms with Gasteiger partial charge in [0.05, 0.1) is 11.3 Å². The molecule has 8 nitrogen and oxygen atoms in total.